The Labute approximate surface area is 169 Å². The summed E-state index contributed by atoms with van der Waals surface area (Å²) in [6.07, 6.45) is 5.78. The molecule has 0 spiro atoms. The van der Waals surface area contributed by atoms with Crippen molar-refractivity contribution in [3.05, 3.63) is 77.5 Å². The third-order valence-electron chi connectivity index (χ3n) is 6.12. The quantitative estimate of drug-likeness (QED) is 0.625. The average molecular weight is 394 g/mol. The fourth-order valence-corrected chi connectivity index (χ4v) is 4.44. The van der Waals surface area contributed by atoms with E-state index in [-0.39, 0.29) is 23.6 Å². The van der Waals surface area contributed by atoms with E-state index in [9.17, 15) is 13.6 Å². The number of nitrogens with one attached hydrogen (secondary N) is 1. The Hall–Kier alpha value is -2.82. The van der Waals surface area contributed by atoms with Crippen molar-refractivity contribution in [2.75, 3.05) is 0 Å². The van der Waals surface area contributed by atoms with E-state index in [4.69, 9.17) is 0 Å². The lowest BCUT2D eigenvalue weighted by Crippen LogP contribution is -2.39. The number of pyridine rings is 1. The van der Waals surface area contributed by atoms with Crippen molar-refractivity contribution in [3.63, 3.8) is 0 Å². The van der Waals surface area contributed by atoms with Gasteiger partial charge in [-0.25, -0.2) is 8.78 Å². The van der Waals surface area contributed by atoms with Crippen molar-refractivity contribution in [3.8, 4) is 0 Å². The van der Waals surface area contributed by atoms with E-state index >= 15 is 0 Å². The molecule has 0 bridgehead atoms. The van der Waals surface area contributed by atoms with Gasteiger partial charge in [0.25, 0.3) is 5.91 Å². The SMILES string of the molecule is C[C@@H](NC(=O)c1ccc(F)cc1)[C@H]1CC[C@H](c2ccnc3ccc(F)cc32)CC1. The van der Waals surface area contributed by atoms with Gasteiger partial charge < -0.3 is 5.32 Å². The molecule has 3 nitrogen and oxygen atoms in total. The van der Waals surface area contributed by atoms with E-state index in [1.165, 1.54) is 30.3 Å². The maximum absolute atomic E-state index is 13.7. The first-order valence-corrected chi connectivity index (χ1v) is 10.1. The van der Waals surface area contributed by atoms with Crippen molar-refractivity contribution >= 4 is 16.8 Å². The lowest BCUT2D eigenvalue weighted by molar-refractivity contribution is 0.0918. The summed E-state index contributed by atoms with van der Waals surface area (Å²) >= 11 is 0. The molecule has 1 saturated carbocycles. The van der Waals surface area contributed by atoms with Gasteiger partial charge in [0.05, 0.1) is 5.52 Å². The summed E-state index contributed by atoms with van der Waals surface area (Å²) in [5.74, 6) is 0.00302. The highest BCUT2D eigenvalue weighted by atomic mass is 19.1. The zero-order chi connectivity index (χ0) is 20.4. The van der Waals surface area contributed by atoms with Crippen LogP contribution in [0.4, 0.5) is 8.78 Å². The Morgan fingerprint density at radius 1 is 1.00 bits per heavy atom. The molecule has 1 aliphatic rings. The second-order valence-electron chi connectivity index (χ2n) is 7.94. The molecule has 1 fully saturated rings. The molecule has 0 radical (unpaired) electrons. The van der Waals surface area contributed by atoms with Gasteiger partial charge in [0, 0.05) is 23.2 Å². The number of nitrogens with zero attached hydrogens (tertiary/aromatic N) is 1. The second-order valence-corrected chi connectivity index (χ2v) is 7.94. The highest BCUT2D eigenvalue weighted by Crippen LogP contribution is 2.39. The highest BCUT2D eigenvalue weighted by molar-refractivity contribution is 5.94. The molecule has 150 valence electrons. The van der Waals surface area contributed by atoms with Crippen LogP contribution in [0.5, 0.6) is 0 Å². The first-order chi connectivity index (χ1) is 14.0. The van der Waals surface area contributed by atoms with Gasteiger partial charge in [-0.1, -0.05) is 0 Å². The number of hydrogen-bond donors (Lipinski definition) is 1. The summed E-state index contributed by atoms with van der Waals surface area (Å²) < 4.78 is 26.8. The van der Waals surface area contributed by atoms with E-state index in [1.54, 1.807) is 18.3 Å². The molecule has 29 heavy (non-hydrogen) atoms. The minimum atomic E-state index is -0.351. The smallest absolute Gasteiger partial charge is 0.251 e. The Kier molecular flexibility index (Phi) is 5.56. The molecule has 1 aliphatic carbocycles. The molecule has 2 aromatic carbocycles. The molecular formula is C24H24F2N2O. The van der Waals surface area contributed by atoms with E-state index in [0.29, 0.717) is 17.4 Å². The summed E-state index contributed by atoms with van der Waals surface area (Å²) in [7, 11) is 0. The molecule has 0 saturated heterocycles. The minimum Gasteiger partial charge on any atom is -0.349 e. The van der Waals surface area contributed by atoms with Gasteiger partial charge in [-0.05, 0) is 98.5 Å². The van der Waals surface area contributed by atoms with E-state index in [0.717, 1.165) is 42.1 Å². The zero-order valence-electron chi connectivity index (χ0n) is 16.4. The fraction of sp³-hybridized carbons (Fsp3) is 0.333. The van der Waals surface area contributed by atoms with Crippen LogP contribution in [-0.2, 0) is 0 Å². The summed E-state index contributed by atoms with van der Waals surface area (Å²) in [4.78, 5) is 16.7. The lowest BCUT2D eigenvalue weighted by atomic mass is 9.75. The van der Waals surface area contributed by atoms with Crippen molar-refractivity contribution in [1.29, 1.82) is 0 Å². The topological polar surface area (TPSA) is 42.0 Å². The first-order valence-electron chi connectivity index (χ1n) is 10.1. The van der Waals surface area contributed by atoms with Crippen molar-refractivity contribution in [2.24, 2.45) is 5.92 Å². The molecule has 0 aliphatic heterocycles. The number of aromatic nitrogens is 1. The Balaban J connectivity index is 1.40. The summed E-state index contributed by atoms with van der Waals surface area (Å²) in [5, 5.41) is 3.95. The molecule has 1 N–H and O–H groups in total. The third-order valence-corrected chi connectivity index (χ3v) is 6.12. The molecule has 1 heterocycles. The Morgan fingerprint density at radius 2 is 1.69 bits per heavy atom. The van der Waals surface area contributed by atoms with Gasteiger partial charge in [0.2, 0.25) is 0 Å². The van der Waals surface area contributed by atoms with Gasteiger partial charge in [-0.15, -0.1) is 0 Å². The normalized spacial score (nSPS) is 20.4. The number of rotatable bonds is 4. The highest BCUT2D eigenvalue weighted by Gasteiger charge is 2.28. The van der Waals surface area contributed by atoms with E-state index in [2.05, 4.69) is 10.3 Å². The van der Waals surface area contributed by atoms with Crippen LogP contribution >= 0.6 is 0 Å². The summed E-state index contributed by atoms with van der Waals surface area (Å²) in [5.41, 5.74) is 2.46. The molecule has 3 aromatic rings. The number of benzene rings is 2. The van der Waals surface area contributed by atoms with Gasteiger partial charge in [0.15, 0.2) is 0 Å². The number of halogens is 2. The third kappa shape index (κ3) is 4.29. The van der Waals surface area contributed by atoms with Crippen LogP contribution in [0.15, 0.2) is 54.7 Å². The molecule has 1 amide bonds. The van der Waals surface area contributed by atoms with Crippen LogP contribution in [0.2, 0.25) is 0 Å². The van der Waals surface area contributed by atoms with Crippen LogP contribution < -0.4 is 5.32 Å². The van der Waals surface area contributed by atoms with Gasteiger partial charge in [-0.2, -0.15) is 0 Å². The molecule has 4 rings (SSSR count). The molecular weight excluding hydrogens is 370 g/mol. The van der Waals surface area contributed by atoms with Gasteiger partial charge >= 0.3 is 0 Å². The molecule has 0 unspecified atom stereocenters. The van der Waals surface area contributed by atoms with Crippen molar-refractivity contribution in [1.82, 2.24) is 10.3 Å². The predicted octanol–water partition coefficient (Wildman–Crippen LogP) is 5.61. The van der Waals surface area contributed by atoms with Crippen LogP contribution in [-0.4, -0.2) is 16.9 Å². The molecule has 1 atom stereocenters. The number of carbonyl (C=O) groups excluding carboxylic acids is 1. The minimum absolute atomic E-state index is 0.0418. The van der Waals surface area contributed by atoms with Crippen molar-refractivity contribution in [2.45, 2.75) is 44.6 Å². The summed E-state index contributed by atoms with van der Waals surface area (Å²) in [6.45, 7) is 2.03. The monoisotopic (exact) mass is 394 g/mol. The van der Waals surface area contributed by atoms with Crippen LogP contribution in [0.25, 0.3) is 10.9 Å². The number of amides is 1. The van der Waals surface area contributed by atoms with Gasteiger partial charge in [-0.3, -0.25) is 9.78 Å². The van der Waals surface area contributed by atoms with Gasteiger partial charge in [0.1, 0.15) is 11.6 Å². The Bertz CT molecular complexity index is 1010. The molecule has 1 aromatic heterocycles. The van der Waals surface area contributed by atoms with E-state index < -0.39 is 0 Å². The predicted molar refractivity (Wildman–Crippen MR) is 110 cm³/mol. The largest absolute Gasteiger partial charge is 0.349 e. The number of fused-ring (bicyclic) bond motifs is 1. The maximum atomic E-state index is 13.7. The van der Waals surface area contributed by atoms with Crippen molar-refractivity contribution < 1.29 is 13.6 Å². The van der Waals surface area contributed by atoms with Crippen LogP contribution in [0.1, 0.15) is 54.4 Å². The number of carbonyl (C=O) groups is 1. The average Bonchev–Trinajstić information content (AvgIpc) is 2.74. The summed E-state index contributed by atoms with van der Waals surface area (Å²) in [6, 6.07) is 12.4. The fourth-order valence-electron chi connectivity index (χ4n) is 4.44. The maximum Gasteiger partial charge on any atom is 0.251 e. The Morgan fingerprint density at radius 3 is 2.41 bits per heavy atom. The van der Waals surface area contributed by atoms with Crippen LogP contribution in [0, 0.1) is 17.6 Å². The zero-order valence-corrected chi connectivity index (χ0v) is 16.4. The lowest BCUT2D eigenvalue weighted by Gasteiger charge is -2.33. The standard InChI is InChI=1S/C24H24F2N2O/c1-15(28-24(29)18-6-8-19(25)9-7-18)16-2-4-17(5-3-16)21-12-13-27-23-11-10-20(26)14-22(21)23/h6-17H,2-5H2,1H3,(H,28,29)/t15-,16-,17-/m1/s1. The number of hydrogen-bond acceptors (Lipinski definition) is 2. The van der Waals surface area contributed by atoms with E-state index in [1.807, 2.05) is 13.0 Å². The van der Waals surface area contributed by atoms with Crippen LogP contribution in [0.3, 0.4) is 0 Å². The first kappa shape index (κ1) is 19.5. The second kappa shape index (κ2) is 8.27. The molecule has 5 heteroatoms.